The molecule has 26 heavy (non-hydrogen) atoms. The number of carbonyl (C=O) groups is 1. The summed E-state index contributed by atoms with van der Waals surface area (Å²) in [5, 5.41) is 3.56. The first-order valence-corrected chi connectivity index (χ1v) is 8.87. The van der Waals surface area contributed by atoms with Crippen molar-refractivity contribution in [1.29, 1.82) is 0 Å². The zero-order valence-electron chi connectivity index (χ0n) is 14.3. The summed E-state index contributed by atoms with van der Waals surface area (Å²) in [6.07, 6.45) is 3.29. The van der Waals surface area contributed by atoms with Crippen LogP contribution in [0.1, 0.15) is 29.6 Å². The van der Waals surface area contributed by atoms with Crippen LogP contribution in [0.4, 0.5) is 8.78 Å². The zero-order valence-corrected chi connectivity index (χ0v) is 14.3. The minimum Gasteiger partial charge on any atom is -0.454 e. The molecule has 0 saturated carbocycles. The molecule has 2 saturated heterocycles. The van der Waals surface area contributed by atoms with Crippen LogP contribution in [0.15, 0.2) is 42.5 Å². The summed E-state index contributed by atoms with van der Waals surface area (Å²) in [5.74, 6) is -1.09. The first kappa shape index (κ1) is 17.0. The lowest BCUT2D eigenvalue weighted by atomic mass is 10.1. The lowest BCUT2D eigenvalue weighted by Gasteiger charge is -2.24. The molecular weight excluding hydrogens is 338 g/mol. The van der Waals surface area contributed by atoms with Crippen molar-refractivity contribution in [2.75, 3.05) is 13.1 Å². The van der Waals surface area contributed by atoms with Gasteiger partial charge in [0.1, 0.15) is 11.6 Å². The molecule has 2 heterocycles. The number of rotatable bonds is 3. The highest BCUT2D eigenvalue weighted by molar-refractivity contribution is 5.94. The number of halogens is 2. The molecule has 2 unspecified atom stereocenters. The van der Waals surface area contributed by atoms with E-state index in [1.165, 1.54) is 12.5 Å². The summed E-state index contributed by atoms with van der Waals surface area (Å²) in [7, 11) is 0. The van der Waals surface area contributed by atoms with Crippen molar-refractivity contribution in [2.45, 2.75) is 31.3 Å². The smallest absolute Gasteiger partial charge is 0.253 e. The maximum absolute atomic E-state index is 13.7. The molecule has 2 aromatic carbocycles. The molecule has 0 aliphatic carbocycles. The van der Waals surface area contributed by atoms with E-state index in [9.17, 15) is 13.6 Å². The van der Waals surface area contributed by atoms with E-state index < -0.39 is 11.6 Å². The molecule has 6 heteroatoms. The Morgan fingerprint density at radius 2 is 1.81 bits per heavy atom. The Morgan fingerprint density at radius 3 is 2.58 bits per heavy atom. The van der Waals surface area contributed by atoms with Gasteiger partial charge in [0.25, 0.3) is 5.91 Å². The molecular formula is C20H20F2N2O2. The Morgan fingerprint density at radius 1 is 1.04 bits per heavy atom. The predicted molar refractivity (Wildman–Crippen MR) is 93.3 cm³/mol. The highest BCUT2D eigenvalue weighted by Crippen LogP contribution is 2.26. The molecule has 2 aromatic rings. The van der Waals surface area contributed by atoms with E-state index in [1.54, 1.807) is 24.3 Å². The molecule has 0 aromatic heterocycles. The van der Waals surface area contributed by atoms with Crippen LogP contribution in [0.5, 0.6) is 11.5 Å². The van der Waals surface area contributed by atoms with Crippen LogP contribution >= 0.6 is 0 Å². The Labute approximate surface area is 150 Å². The fraction of sp³-hybridized carbons (Fsp3) is 0.350. The molecule has 2 aliphatic heterocycles. The van der Waals surface area contributed by atoms with Crippen molar-refractivity contribution < 1.29 is 18.3 Å². The van der Waals surface area contributed by atoms with Crippen LogP contribution in [-0.2, 0) is 0 Å². The lowest BCUT2D eigenvalue weighted by Crippen LogP contribution is -2.39. The second-order valence-corrected chi connectivity index (χ2v) is 6.88. The summed E-state index contributed by atoms with van der Waals surface area (Å²) >= 11 is 0. The van der Waals surface area contributed by atoms with Gasteiger partial charge in [-0.1, -0.05) is 0 Å². The number of benzene rings is 2. The lowest BCUT2D eigenvalue weighted by molar-refractivity contribution is 0.0748. The van der Waals surface area contributed by atoms with Crippen LogP contribution < -0.4 is 10.1 Å². The number of amides is 1. The van der Waals surface area contributed by atoms with Gasteiger partial charge in [-0.25, -0.2) is 8.78 Å². The van der Waals surface area contributed by atoms with Crippen LogP contribution in [0, 0.1) is 11.6 Å². The van der Waals surface area contributed by atoms with Crippen molar-refractivity contribution >= 4 is 5.91 Å². The maximum atomic E-state index is 13.7. The van der Waals surface area contributed by atoms with Gasteiger partial charge >= 0.3 is 0 Å². The molecule has 4 nitrogen and oxygen atoms in total. The Kier molecular flexibility index (Phi) is 4.59. The van der Waals surface area contributed by atoms with Crippen molar-refractivity contribution in [2.24, 2.45) is 0 Å². The first-order valence-electron chi connectivity index (χ1n) is 8.87. The maximum Gasteiger partial charge on any atom is 0.253 e. The van der Waals surface area contributed by atoms with Crippen molar-refractivity contribution in [3.63, 3.8) is 0 Å². The average molecular weight is 358 g/mol. The fourth-order valence-corrected chi connectivity index (χ4v) is 3.66. The zero-order chi connectivity index (χ0) is 18.1. The van der Waals surface area contributed by atoms with E-state index in [0.717, 1.165) is 38.1 Å². The fourth-order valence-electron chi connectivity index (χ4n) is 3.66. The van der Waals surface area contributed by atoms with E-state index in [2.05, 4.69) is 5.32 Å². The third kappa shape index (κ3) is 3.55. The molecule has 2 bridgehead atoms. The average Bonchev–Trinajstić information content (AvgIpc) is 2.96. The highest BCUT2D eigenvalue weighted by Gasteiger charge is 2.31. The number of hydrogen-bond donors (Lipinski definition) is 1. The number of ether oxygens (including phenoxy) is 1. The monoisotopic (exact) mass is 358 g/mol. The van der Waals surface area contributed by atoms with Crippen molar-refractivity contribution in [3.8, 4) is 11.5 Å². The molecule has 136 valence electrons. The summed E-state index contributed by atoms with van der Waals surface area (Å²) in [6.45, 7) is 1.49. The van der Waals surface area contributed by atoms with Gasteiger partial charge in [0.05, 0.1) is 0 Å². The second kappa shape index (κ2) is 7.03. The molecule has 2 atom stereocenters. The van der Waals surface area contributed by atoms with Crippen molar-refractivity contribution in [1.82, 2.24) is 10.2 Å². The number of fused-ring (bicyclic) bond motifs is 2. The van der Waals surface area contributed by atoms with E-state index in [-0.39, 0.29) is 11.7 Å². The van der Waals surface area contributed by atoms with Gasteiger partial charge in [-0.2, -0.15) is 0 Å². The molecule has 2 fully saturated rings. The Hall–Kier alpha value is -2.47. The third-order valence-electron chi connectivity index (χ3n) is 5.03. The van der Waals surface area contributed by atoms with Gasteiger partial charge in [0.2, 0.25) is 0 Å². The van der Waals surface area contributed by atoms with Gasteiger partial charge in [-0.3, -0.25) is 4.79 Å². The summed E-state index contributed by atoms with van der Waals surface area (Å²) in [5.41, 5.74) is 0.578. The topological polar surface area (TPSA) is 41.6 Å². The Balaban J connectivity index is 1.44. The van der Waals surface area contributed by atoms with Crippen molar-refractivity contribution in [3.05, 3.63) is 59.7 Å². The quantitative estimate of drug-likeness (QED) is 0.909. The predicted octanol–water partition coefficient (Wildman–Crippen LogP) is 3.72. The number of hydrogen-bond acceptors (Lipinski definition) is 3. The minimum atomic E-state index is -0.766. The Bertz CT molecular complexity index is 810. The molecule has 1 N–H and O–H groups in total. The molecule has 0 spiro atoms. The van der Waals surface area contributed by atoms with Crippen LogP contribution in [0.3, 0.4) is 0 Å². The normalized spacial score (nSPS) is 22.2. The van der Waals surface area contributed by atoms with Gasteiger partial charge in [0.15, 0.2) is 11.6 Å². The standard InChI is InChI=1S/C20H20F2N2O2/c21-14-3-8-19(18(22)11-14)26-17-6-1-13(2-7-17)20(25)24-10-9-15-4-5-16(12-24)23-15/h1-3,6-8,11,15-16,23H,4-5,9-10,12H2. The minimum absolute atomic E-state index is 0.00105. The first-order chi connectivity index (χ1) is 12.6. The molecule has 2 aliphatic rings. The number of carbonyl (C=O) groups excluding carboxylic acids is 1. The number of likely N-dealkylation sites (tertiary alicyclic amines) is 1. The summed E-state index contributed by atoms with van der Waals surface area (Å²) in [4.78, 5) is 14.6. The van der Waals surface area contributed by atoms with E-state index in [1.807, 2.05) is 4.90 Å². The van der Waals surface area contributed by atoms with Crippen LogP contribution in [0.25, 0.3) is 0 Å². The summed E-state index contributed by atoms with van der Waals surface area (Å²) < 4.78 is 32.0. The number of nitrogens with zero attached hydrogens (tertiary/aromatic N) is 1. The van der Waals surface area contributed by atoms with Crippen LogP contribution in [0.2, 0.25) is 0 Å². The second-order valence-electron chi connectivity index (χ2n) is 6.88. The van der Waals surface area contributed by atoms with Crippen LogP contribution in [-0.4, -0.2) is 36.0 Å². The number of nitrogens with one attached hydrogen (secondary N) is 1. The highest BCUT2D eigenvalue weighted by atomic mass is 19.1. The van der Waals surface area contributed by atoms with Gasteiger partial charge < -0.3 is 15.0 Å². The molecule has 1 amide bonds. The van der Waals surface area contributed by atoms with Gasteiger partial charge in [-0.05, 0) is 55.7 Å². The van der Waals surface area contributed by atoms with E-state index in [4.69, 9.17) is 4.74 Å². The van der Waals surface area contributed by atoms with Gasteiger partial charge in [0, 0.05) is 36.8 Å². The molecule has 4 rings (SSSR count). The largest absolute Gasteiger partial charge is 0.454 e. The third-order valence-corrected chi connectivity index (χ3v) is 5.03. The summed E-state index contributed by atoms with van der Waals surface area (Å²) in [6, 6.07) is 10.7. The molecule has 0 radical (unpaired) electrons. The SMILES string of the molecule is O=C(c1ccc(Oc2ccc(F)cc2F)cc1)N1CCC2CCC(C1)N2. The van der Waals surface area contributed by atoms with E-state index in [0.29, 0.717) is 23.4 Å². The van der Waals surface area contributed by atoms with Gasteiger partial charge in [-0.15, -0.1) is 0 Å². The van der Waals surface area contributed by atoms with E-state index >= 15 is 0 Å².